The van der Waals surface area contributed by atoms with Crippen LogP contribution < -0.4 is 0 Å². The van der Waals surface area contributed by atoms with Crippen LogP contribution in [0.2, 0.25) is 0 Å². The van der Waals surface area contributed by atoms with Crippen molar-refractivity contribution < 1.29 is 26.3 Å². The zero-order valence-corrected chi connectivity index (χ0v) is 13.2. The summed E-state index contributed by atoms with van der Waals surface area (Å²) in [6, 6.07) is 9.05. The van der Waals surface area contributed by atoms with Crippen molar-refractivity contribution in [1.82, 2.24) is 15.0 Å². The Hall–Kier alpha value is -2.84. The minimum Gasteiger partial charge on any atom is -0.356 e. The SMILES string of the molecule is Cc1[nH]c(-c2cccc(-c3ccccn3)n2)c(C(F)(F)F)c1C(F)(F)F. The van der Waals surface area contributed by atoms with Gasteiger partial charge in [0, 0.05) is 11.9 Å². The molecule has 0 amide bonds. The van der Waals surface area contributed by atoms with Gasteiger partial charge in [-0.25, -0.2) is 4.98 Å². The molecule has 0 saturated heterocycles. The maximum Gasteiger partial charge on any atom is 0.419 e. The van der Waals surface area contributed by atoms with Crippen LogP contribution in [0.1, 0.15) is 16.8 Å². The highest BCUT2D eigenvalue weighted by Gasteiger charge is 2.48. The predicted octanol–water partition coefficient (Wildman–Crippen LogP) is 5.48. The molecule has 3 rings (SSSR count). The molecule has 0 radical (unpaired) electrons. The Balaban J connectivity index is 2.23. The number of pyridine rings is 2. The minimum absolute atomic E-state index is 0.247. The van der Waals surface area contributed by atoms with Gasteiger partial charge in [0.05, 0.1) is 33.9 Å². The van der Waals surface area contributed by atoms with Gasteiger partial charge in [0.1, 0.15) is 0 Å². The van der Waals surface area contributed by atoms with Gasteiger partial charge in [-0.05, 0) is 31.2 Å². The van der Waals surface area contributed by atoms with Gasteiger partial charge in [0.25, 0.3) is 0 Å². The van der Waals surface area contributed by atoms with Crippen LogP contribution in [0.3, 0.4) is 0 Å². The lowest BCUT2D eigenvalue weighted by Gasteiger charge is -2.13. The summed E-state index contributed by atoms with van der Waals surface area (Å²) in [4.78, 5) is 10.3. The molecule has 0 fully saturated rings. The van der Waals surface area contributed by atoms with Crippen molar-refractivity contribution in [3.63, 3.8) is 0 Å². The monoisotopic (exact) mass is 371 g/mol. The number of hydrogen-bond donors (Lipinski definition) is 1. The van der Waals surface area contributed by atoms with E-state index >= 15 is 0 Å². The normalized spacial score (nSPS) is 12.4. The Bertz CT molecular complexity index is 926. The molecule has 0 spiro atoms. The van der Waals surface area contributed by atoms with E-state index in [0.29, 0.717) is 5.69 Å². The number of aryl methyl sites for hydroxylation is 1. The Morgan fingerprint density at radius 1 is 0.769 bits per heavy atom. The molecule has 1 N–H and O–H groups in total. The highest BCUT2D eigenvalue weighted by Crippen LogP contribution is 2.46. The van der Waals surface area contributed by atoms with E-state index in [1.165, 1.54) is 24.4 Å². The topological polar surface area (TPSA) is 41.6 Å². The number of halogens is 6. The van der Waals surface area contributed by atoms with E-state index < -0.39 is 34.9 Å². The fourth-order valence-corrected chi connectivity index (χ4v) is 2.69. The van der Waals surface area contributed by atoms with E-state index in [1.807, 2.05) is 0 Å². The van der Waals surface area contributed by atoms with Crippen molar-refractivity contribution in [2.75, 3.05) is 0 Å². The van der Waals surface area contributed by atoms with Gasteiger partial charge >= 0.3 is 12.4 Å². The van der Waals surface area contributed by atoms with Crippen LogP contribution in [0.25, 0.3) is 22.8 Å². The van der Waals surface area contributed by atoms with Gasteiger partial charge < -0.3 is 4.98 Å². The number of hydrogen-bond acceptors (Lipinski definition) is 2. The third-order valence-electron chi connectivity index (χ3n) is 3.69. The van der Waals surface area contributed by atoms with Gasteiger partial charge in [0.15, 0.2) is 0 Å². The summed E-state index contributed by atoms with van der Waals surface area (Å²) in [5.74, 6) is 0. The Kier molecular flexibility index (Phi) is 4.25. The van der Waals surface area contributed by atoms with Gasteiger partial charge in [-0.15, -0.1) is 0 Å². The second-order valence-corrected chi connectivity index (χ2v) is 5.49. The summed E-state index contributed by atoms with van der Waals surface area (Å²) in [7, 11) is 0. The molecule has 0 atom stereocenters. The first kappa shape index (κ1) is 18.0. The van der Waals surface area contributed by atoms with E-state index in [-0.39, 0.29) is 11.4 Å². The van der Waals surface area contributed by atoms with E-state index in [1.54, 1.807) is 18.2 Å². The minimum atomic E-state index is -5.20. The highest BCUT2D eigenvalue weighted by molar-refractivity contribution is 5.67. The van der Waals surface area contributed by atoms with Crippen LogP contribution in [-0.2, 0) is 12.4 Å². The molecule has 9 heteroatoms. The Morgan fingerprint density at radius 2 is 1.38 bits per heavy atom. The summed E-state index contributed by atoms with van der Waals surface area (Å²) in [5, 5.41) is 0. The molecule has 0 aromatic carbocycles. The molecule has 0 saturated carbocycles. The van der Waals surface area contributed by atoms with Crippen molar-refractivity contribution in [1.29, 1.82) is 0 Å². The van der Waals surface area contributed by atoms with Crippen LogP contribution in [0, 0.1) is 6.92 Å². The highest BCUT2D eigenvalue weighted by atomic mass is 19.4. The van der Waals surface area contributed by atoms with E-state index in [0.717, 1.165) is 6.92 Å². The molecule has 0 aliphatic rings. The first-order valence-electron chi connectivity index (χ1n) is 7.35. The lowest BCUT2D eigenvalue weighted by molar-refractivity contribution is -0.161. The molecular weight excluding hydrogens is 360 g/mol. The number of rotatable bonds is 2. The van der Waals surface area contributed by atoms with Gasteiger partial charge in [-0.1, -0.05) is 12.1 Å². The molecule has 0 aliphatic carbocycles. The summed E-state index contributed by atoms with van der Waals surface area (Å²) in [6.07, 6.45) is -8.87. The molecule has 3 aromatic heterocycles. The van der Waals surface area contributed by atoms with Crippen LogP contribution in [0.5, 0.6) is 0 Å². The third-order valence-corrected chi connectivity index (χ3v) is 3.69. The summed E-state index contributed by atoms with van der Waals surface area (Å²) in [6.45, 7) is 0.949. The summed E-state index contributed by atoms with van der Waals surface area (Å²) >= 11 is 0. The Labute approximate surface area is 143 Å². The van der Waals surface area contributed by atoms with Crippen LogP contribution in [0.15, 0.2) is 42.6 Å². The smallest absolute Gasteiger partial charge is 0.356 e. The first-order valence-corrected chi connectivity index (χ1v) is 7.35. The molecular formula is C17H11F6N3. The predicted molar refractivity (Wildman–Crippen MR) is 82.0 cm³/mol. The molecule has 26 heavy (non-hydrogen) atoms. The number of nitrogens with one attached hydrogen (secondary N) is 1. The second-order valence-electron chi connectivity index (χ2n) is 5.49. The van der Waals surface area contributed by atoms with Crippen LogP contribution in [-0.4, -0.2) is 15.0 Å². The Morgan fingerprint density at radius 3 is 1.96 bits per heavy atom. The van der Waals surface area contributed by atoms with Gasteiger partial charge in [-0.2, -0.15) is 26.3 Å². The number of aromatic nitrogens is 3. The lowest BCUT2D eigenvalue weighted by atomic mass is 10.1. The lowest BCUT2D eigenvalue weighted by Crippen LogP contribution is -2.16. The van der Waals surface area contributed by atoms with E-state index in [9.17, 15) is 26.3 Å². The maximum atomic E-state index is 13.4. The second kappa shape index (κ2) is 6.15. The standard InChI is InChI=1S/C17H11F6N3/c1-9-13(16(18,19)20)14(17(21,22)23)15(25-9)12-7-4-6-11(26-12)10-5-2-3-8-24-10/h2-8,25H,1H3. The molecule has 3 aromatic rings. The van der Waals surface area contributed by atoms with Gasteiger partial charge in [-0.3, -0.25) is 4.98 Å². The van der Waals surface area contributed by atoms with Crippen molar-refractivity contribution >= 4 is 0 Å². The first-order chi connectivity index (χ1) is 12.1. The van der Waals surface area contributed by atoms with Crippen molar-refractivity contribution in [2.24, 2.45) is 0 Å². The number of aromatic amines is 1. The average Bonchev–Trinajstić information content (AvgIpc) is 2.94. The zero-order chi connectivity index (χ0) is 19.1. The number of H-pyrrole nitrogens is 1. The molecule has 3 heterocycles. The molecule has 0 unspecified atom stereocenters. The summed E-state index contributed by atoms with van der Waals surface area (Å²) < 4.78 is 79.7. The fraction of sp³-hybridized carbons (Fsp3) is 0.176. The number of nitrogens with zero attached hydrogens (tertiary/aromatic N) is 2. The molecule has 0 aliphatic heterocycles. The van der Waals surface area contributed by atoms with E-state index in [2.05, 4.69) is 15.0 Å². The maximum absolute atomic E-state index is 13.4. The van der Waals surface area contributed by atoms with E-state index in [4.69, 9.17) is 0 Å². The van der Waals surface area contributed by atoms with Crippen molar-refractivity contribution in [3.8, 4) is 22.8 Å². The average molecular weight is 371 g/mol. The quantitative estimate of drug-likeness (QED) is 0.606. The van der Waals surface area contributed by atoms with Crippen LogP contribution in [0.4, 0.5) is 26.3 Å². The molecule has 136 valence electrons. The van der Waals surface area contributed by atoms with Crippen molar-refractivity contribution in [2.45, 2.75) is 19.3 Å². The van der Waals surface area contributed by atoms with Crippen LogP contribution >= 0.6 is 0 Å². The van der Waals surface area contributed by atoms with Gasteiger partial charge in [0.2, 0.25) is 0 Å². The van der Waals surface area contributed by atoms with Crippen molar-refractivity contribution in [3.05, 3.63) is 59.4 Å². The largest absolute Gasteiger partial charge is 0.419 e. The molecule has 0 bridgehead atoms. The third kappa shape index (κ3) is 3.29. The molecule has 3 nitrogen and oxygen atoms in total. The number of alkyl halides is 6. The summed E-state index contributed by atoms with van der Waals surface area (Å²) in [5.41, 5.74) is -4.46. The fourth-order valence-electron chi connectivity index (χ4n) is 2.69. The zero-order valence-electron chi connectivity index (χ0n) is 13.2.